The molecule has 0 aromatic carbocycles. The number of rotatable bonds is 5. The Balaban J connectivity index is 2.16. The average molecular weight is 347 g/mol. The number of aliphatic hydroxyl groups excluding tert-OH is 1. The first-order chi connectivity index (χ1) is 9.03. The maximum atomic E-state index is 12.0. The van der Waals surface area contributed by atoms with Gasteiger partial charge in [0.2, 0.25) is 10.0 Å². The van der Waals surface area contributed by atoms with Crippen LogP contribution in [0.25, 0.3) is 0 Å². The lowest BCUT2D eigenvalue weighted by Crippen LogP contribution is -2.23. The molecule has 19 heavy (non-hydrogen) atoms. The maximum absolute atomic E-state index is 12.0. The second-order valence-electron chi connectivity index (χ2n) is 3.65. The van der Waals surface area contributed by atoms with E-state index in [9.17, 15) is 8.42 Å². The summed E-state index contributed by atoms with van der Waals surface area (Å²) in [6.07, 6.45) is 1.58. The maximum Gasteiger partial charge on any atom is 0.245 e. The molecule has 0 radical (unpaired) electrons. The van der Waals surface area contributed by atoms with E-state index in [1.807, 2.05) is 0 Å². The van der Waals surface area contributed by atoms with Crippen molar-refractivity contribution in [3.8, 4) is 0 Å². The summed E-state index contributed by atoms with van der Waals surface area (Å²) >= 11 is 3.01. The zero-order valence-corrected chi connectivity index (χ0v) is 12.1. The van der Waals surface area contributed by atoms with Crippen LogP contribution in [0.2, 0.25) is 0 Å². The molecule has 2 N–H and O–H groups in total. The Kier molecular flexibility index (Phi) is 4.35. The Morgan fingerprint density at radius 1 is 1.42 bits per heavy atom. The summed E-state index contributed by atoms with van der Waals surface area (Å²) in [6.45, 7) is -0.288. The highest BCUT2D eigenvalue weighted by Gasteiger charge is 2.22. The Bertz CT molecular complexity index is 655. The Hall–Kier alpha value is -1.22. The van der Waals surface area contributed by atoms with Crippen molar-refractivity contribution >= 4 is 26.0 Å². The molecule has 2 aromatic heterocycles. The minimum Gasteiger partial charge on any atom is -0.450 e. The highest BCUT2D eigenvalue weighted by Crippen LogP contribution is 2.26. The summed E-state index contributed by atoms with van der Waals surface area (Å²) in [7, 11) is -3.72. The van der Waals surface area contributed by atoms with Crippen LogP contribution in [0.1, 0.15) is 11.5 Å². The van der Waals surface area contributed by atoms with E-state index in [-0.39, 0.29) is 28.5 Å². The van der Waals surface area contributed by atoms with Crippen LogP contribution in [-0.4, -0.2) is 18.5 Å². The molecule has 2 aromatic rings. The summed E-state index contributed by atoms with van der Waals surface area (Å²) in [4.78, 5) is 3.97. The van der Waals surface area contributed by atoms with Crippen molar-refractivity contribution in [3.63, 3.8) is 0 Å². The Labute approximate surface area is 118 Å². The van der Waals surface area contributed by atoms with Gasteiger partial charge in [-0.2, -0.15) is 0 Å². The fourth-order valence-electron chi connectivity index (χ4n) is 1.41. The number of aliphatic hydroxyl groups is 1. The van der Waals surface area contributed by atoms with E-state index in [0.717, 1.165) is 0 Å². The number of nitrogens with zero attached hydrogens (tertiary/aromatic N) is 1. The van der Waals surface area contributed by atoms with Crippen LogP contribution in [0.5, 0.6) is 0 Å². The minimum atomic E-state index is -3.72. The summed E-state index contributed by atoms with van der Waals surface area (Å²) in [6, 6.07) is 6.50. The van der Waals surface area contributed by atoms with Crippen molar-refractivity contribution < 1.29 is 17.9 Å². The highest BCUT2D eigenvalue weighted by atomic mass is 79.9. The zero-order valence-electron chi connectivity index (χ0n) is 9.71. The number of hydrogen-bond acceptors (Lipinski definition) is 5. The summed E-state index contributed by atoms with van der Waals surface area (Å²) in [5, 5.41) is 8.91. The van der Waals surface area contributed by atoms with Crippen LogP contribution >= 0.6 is 15.9 Å². The molecule has 0 amide bonds. The van der Waals surface area contributed by atoms with Gasteiger partial charge in [0, 0.05) is 12.3 Å². The van der Waals surface area contributed by atoms with Gasteiger partial charge in [0.25, 0.3) is 0 Å². The number of furan rings is 1. The molecule has 6 nitrogen and oxygen atoms in total. The van der Waals surface area contributed by atoms with Crippen molar-refractivity contribution in [2.75, 3.05) is 0 Å². The number of nitrogens with one attached hydrogen (secondary N) is 1. The number of aromatic nitrogens is 1. The van der Waals surface area contributed by atoms with E-state index in [2.05, 4.69) is 25.6 Å². The molecular formula is C11H11BrN2O4S. The van der Waals surface area contributed by atoms with Gasteiger partial charge < -0.3 is 9.52 Å². The van der Waals surface area contributed by atoms with E-state index in [1.54, 1.807) is 24.4 Å². The summed E-state index contributed by atoms with van der Waals surface area (Å²) in [5.74, 6) is 0.171. The van der Waals surface area contributed by atoms with Gasteiger partial charge in [-0.3, -0.25) is 4.98 Å². The topological polar surface area (TPSA) is 92.4 Å². The van der Waals surface area contributed by atoms with E-state index < -0.39 is 10.0 Å². The van der Waals surface area contributed by atoms with Crippen LogP contribution < -0.4 is 4.72 Å². The Morgan fingerprint density at radius 2 is 2.21 bits per heavy atom. The average Bonchev–Trinajstić information content (AvgIpc) is 2.80. The quantitative estimate of drug-likeness (QED) is 0.853. The third kappa shape index (κ3) is 3.41. The number of pyridine rings is 1. The lowest BCUT2D eigenvalue weighted by atomic mass is 10.4. The summed E-state index contributed by atoms with van der Waals surface area (Å²) < 4.78 is 31.6. The van der Waals surface area contributed by atoms with Gasteiger partial charge in [0.15, 0.2) is 4.67 Å². The van der Waals surface area contributed by atoms with Crippen molar-refractivity contribution in [2.24, 2.45) is 0 Å². The number of hydrogen-bond donors (Lipinski definition) is 2. The standard InChI is InChI=1S/C11H11BrN2O4S/c12-11-10(5-9(7-15)18-11)19(16,17)14-6-8-3-1-2-4-13-8/h1-5,14-15H,6-7H2. The third-order valence-electron chi connectivity index (χ3n) is 2.32. The molecule has 0 fully saturated rings. The predicted molar refractivity (Wildman–Crippen MR) is 70.6 cm³/mol. The monoisotopic (exact) mass is 346 g/mol. The van der Waals surface area contributed by atoms with Crippen LogP contribution in [0.3, 0.4) is 0 Å². The molecule has 0 aliphatic rings. The van der Waals surface area contributed by atoms with Gasteiger partial charge in [-0.15, -0.1) is 0 Å². The van der Waals surface area contributed by atoms with Crippen LogP contribution in [0.15, 0.2) is 44.4 Å². The van der Waals surface area contributed by atoms with E-state index in [0.29, 0.717) is 5.69 Å². The fraction of sp³-hybridized carbons (Fsp3) is 0.182. The molecule has 8 heteroatoms. The molecule has 2 rings (SSSR count). The first-order valence-corrected chi connectivity index (χ1v) is 7.59. The first-order valence-electron chi connectivity index (χ1n) is 5.31. The van der Waals surface area contributed by atoms with Gasteiger partial charge >= 0.3 is 0 Å². The smallest absolute Gasteiger partial charge is 0.245 e. The van der Waals surface area contributed by atoms with Gasteiger partial charge in [-0.1, -0.05) is 6.07 Å². The predicted octanol–water partition coefficient (Wildman–Crippen LogP) is 1.41. The molecule has 0 aliphatic carbocycles. The molecule has 102 valence electrons. The normalized spacial score (nSPS) is 11.7. The van der Waals surface area contributed by atoms with Crippen molar-refractivity contribution in [1.29, 1.82) is 0 Å². The van der Waals surface area contributed by atoms with Crippen molar-refractivity contribution in [3.05, 3.63) is 46.6 Å². The van der Waals surface area contributed by atoms with Crippen molar-refractivity contribution in [2.45, 2.75) is 18.0 Å². The lowest BCUT2D eigenvalue weighted by molar-refractivity contribution is 0.245. The SMILES string of the molecule is O=S(=O)(NCc1ccccn1)c1cc(CO)oc1Br. The van der Waals surface area contributed by atoms with Gasteiger partial charge in [0.05, 0.1) is 12.2 Å². The van der Waals surface area contributed by atoms with Crippen LogP contribution in [0, 0.1) is 0 Å². The van der Waals surface area contributed by atoms with Crippen molar-refractivity contribution in [1.82, 2.24) is 9.71 Å². The van der Waals surface area contributed by atoms with E-state index in [1.165, 1.54) is 6.07 Å². The van der Waals surface area contributed by atoms with Crippen LogP contribution in [0.4, 0.5) is 0 Å². The van der Waals surface area contributed by atoms with Gasteiger partial charge in [0.1, 0.15) is 17.3 Å². The lowest BCUT2D eigenvalue weighted by Gasteiger charge is -2.04. The minimum absolute atomic E-state index is 0.0486. The van der Waals surface area contributed by atoms with Gasteiger partial charge in [-0.25, -0.2) is 13.1 Å². The fourth-order valence-corrected chi connectivity index (χ4v) is 3.40. The van der Waals surface area contributed by atoms with E-state index in [4.69, 9.17) is 9.52 Å². The molecule has 0 bridgehead atoms. The molecule has 2 heterocycles. The van der Waals surface area contributed by atoms with Gasteiger partial charge in [-0.05, 0) is 28.1 Å². The third-order valence-corrected chi connectivity index (χ3v) is 4.58. The largest absolute Gasteiger partial charge is 0.450 e. The number of halogens is 1. The molecule has 0 atom stereocenters. The molecule has 0 saturated heterocycles. The first kappa shape index (κ1) is 14.2. The number of sulfonamides is 1. The second-order valence-corrected chi connectivity index (χ2v) is 6.11. The second kappa shape index (κ2) is 5.83. The molecule has 0 spiro atoms. The Morgan fingerprint density at radius 3 is 2.79 bits per heavy atom. The molecular weight excluding hydrogens is 336 g/mol. The molecule has 0 unspecified atom stereocenters. The molecule has 0 aliphatic heterocycles. The van der Waals surface area contributed by atoms with E-state index >= 15 is 0 Å². The molecule has 0 saturated carbocycles. The highest BCUT2D eigenvalue weighted by molar-refractivity contribution is 9.10. The summed E-state index contributed by atoms with van der Waals surface area (Å²) in [5.41, 5.74) is 0.605. The zero-order chi connectivity index (χ0) is 13.9. The van der Waals surface area contributed by atoms with Crippen LogP contribution in [-0.2, 0) is 23.2 Å².